The van der Waals surface area contributed by atoms with Crippen LogP contribution in [0.3, 0.4) is 0 Å². The van der Waals surface area contributed by atoms with Crippen molar-refractivity contribution in [3.63, 3.8) is 0 Å². The van der Waals surface area contributed by atoms with E-state index in [9.17, 15) is 23.4 Å². The second-order valence-electron chi connectivity index (χ2n) is 8.16. The zero-order chi connectivity index (χ0) is 26.0. The van der Waals surface area contributed by atoms with Crippen LogP contribution < -0.4 is 5.73 Å². The molecule has 0 radical (unpaired) electrons. The van der Waals surface area contributed by atoms with Crippen LogP contribution >= 0.6 is 11.6 Å². The number of aliphatic imine (C=N–C) groups is 2. The fraction of sp³-hybridized carbons (Fsp3) is 0.304. The van der Waals surface area contributed by atoms with Crippen molar-refractivity contribution >= 4 is 29.5 Å². The summed E-state index contributed by atoms with van der Waals surface area (Å²) < 4.78 is 47.9. The van der Waals surface area contributed by atoms with Crippen molar-refractivity contribution in [1.29, 1.82) is 0 Å². The fourth-order valence-electron chi connectivity index (χ4n) is 3.90. The normalized spacial score (nSPS) is 22.9. The SMILES string of the molecule is Cc1ccc(Cl)cc1N=C(N=CN)C1CC(n2cc(-c3cc(F)c(F)c(F)c3)nn2)C(O)C(CO)O1. The Morgan fingerprint density at radius 2 is 2.00 bits per heavy atom. The number of aliphatic hydroxyl groups is 2. The Labute approximate surface area is 208 Å². The van der Waals surface area contributed by atoms with Gasteiger partial charge in [0.2, 0.25) is 0 Å². The standard InChI is InChI=1S/C23H22ClF3N6O3/c1-11-2-3-13(24)6-16(11)30-23(29-10-28)19-7-18(22(35)20(9-34)36-19)33-8-17(31-32-33)12-4-14(25)21(27)15(26)5-12/h2-6,8,10,18-20,22,34-35H,7,9H2,1H3,(H2,28,29,30). The lowest BCUT2D eigenvalue weighted by molar-refractivity contribution is -0.137. The van der Waals surface area contributed by atoms with E-state index in [4.69, 9.17) is 22.1 Å². The number of nitrogens with two attached hydrogens (primary N) is 1. The highest BCUT2D eigenvalue weighted by molar-refractivity contribution is 6.30. The van der Waals surface area contributed by atoms with Gasteiger partial charge < -0.3 is 20.7 Å². The maximum atomic E-state index is 13.7. The Morgan fingerprint density at radius 3 is 2.67 bits per heavy atom. The van der Waals surface area contributed by atoms with Gasteiger partial charge in [0.1, 0.15) is 24.0 Å². The zero-order valence-corrected chi connectivity index (χ0v) is 19.6. The van der Waals surface area contributed by atoms with Gasteiger partial charge in [-0.1, -0.05) is 22.9 Å². The Bertz CT molecular complexity index is 1290. The third-order valence-corrected chi connectivity index (χ3v) is 6.02. The molecule has 1 saturated heterocycles. The molecule has 4 rings (SSSR count). The smallest absolute Gasteiger partial charge is 0.194 e. The van der Waals surface area contributed by atoms with Gasteiger partial charge in [0, 0.05) is 17.0 Å². The van der Waals surface area contributed by atoms with Crippen molar-refractivity contribution in [1.82, 2.24) is 15.0 Å². The van der Waals surface area contributed by atoms with E-state index < -0.39 is 48.4 Å². The minimum absolute atomic E-state index is 0.0409. The van der Waals surface area contributed by atoms with E-state index in [0.29, 0.717) is 10.7 Å². The molecule has 0 bridgehead atoms. The number of benzene rings is 2. The van der Waals surface area contributed by atoms with Crippen molar-refractivity contribution in [2.75, 3.05) is 6.61 Å². The molecule has 1 aliphatic heterocycles. The van der Waals surface area contributed by atoms with E-state index in [2.05, 4.69) is 20.3 Å². The second kappa shape index (κ2) is 10.7. The zero-order valence-electron chi connectivity index (χ0n) is 18.9. The summed E-state index contributed by atoms with van der Waals surface area (Å²) in [5, 5.41) is 29.0. The Kier molecular flexibility index (Phi) is 7.69. The molecule has 13 heteroatoms. The highest BCUT2D eigenvalue weighted by Gasteiger charge is 2.41. The highest BCUT2D eigenvalue weighted by Crippen LogP contribution is 2.33. The first-order valence-corrected chi connectivity index (χ1v) is 11.2. The molecule has 2 heterocycles. The van der Waals surface area contributed by atoms with Crippen LogP contribution in [0.5, 0.6) is 0 Å². The third-order valence-electron chi connectivity index (χ3n) is 5.78. The molecule has 0 saturated carbocycles. The summed E-state index contributed by atoms with van der Waals surface area (Å²) in [7, 11) is 0. The summed E-state index contributed by atoms with van der Waals surface area (Å²) in [4.78, 5) is 8.66. The summed E-state index contributed by atoms with van der Waals surface area (Å²) in [6, 6.07) is 5.94. The summed E-state index contributed by atoms with van der Waals surface area (Å²) >= 11 is 6.10. The number of hydrogen-bond acceptors (Lipinski definition) is 6. The Balaban J connectivity index is 1.68. The van der Waals surface area contributed by atoms with Crippen LogP contribution in [0, 0.1) is 24.4 Å². The van der Waals surface area contributed by atoms with Gasteiger partial charge in [0.25, 0.3) is 0 Å². The lowest BCUT2D eigenvalue weighted by atomic mass is 9.95. The molecule has 36 heavy (non-hydrogen) atoms. The number of aliphatic hydroxyl groups excluding tert-OH is 2. The van der Waals surface area contributed by atoms with Crippen molar-refractivity contribution < 1.29 is 28.1 Å². The quantitative estimate of drug-likeness (QED) is 0.268. The molecule has 2 aromatic carbocycles. The molecule has 0 amide bonds. The molecular formula is C23H22ClF3N6O3. The molecule has 4 unspecified atom stereocenters. The van der Waals surface area contributed by atoms with Crippen molar-refractivity contribution in [3.8, 4) is 11.3 Å². The van der Waals surface area contributed by atoms with E-state index in [1.807, 2.05) is 6.92 Å². The molecule has 4 atom stereocenters. The van der Waals surface area contributed by atoms with E-state index in [-0.39, 0.29) is 23.5 Å². The number of hydrogen-bond donors (Lipinski definition) is 3. The average molecular weight is 523 g/mol. The van der Waals surface area contributed by atoms with Crippen LogP contribution in [0.4, 0.5) is 18.9 Å². The number of aryl methyl sites for hydroxylation is 1. The van der Waals surface area contributed by atoms with Crippen LogP contribution in [-0.2, 0) is 4.74 Å². The van der Waals surface area contributed by atoms with Crippen LogP contribution in [-0.4, -0.2) is 62.3 Å². The van der Waals surface area contributed by atoms with Gasteiger partial charge in [0.15, 0.2) is 23.3 Å². The van der Waals surface area contributed by atoms with Crippen LogP contribution in [0.25, 0.3) is 11.3 Å². The molecule has 1 aromatic heterocycles. The van der Waals surface area contributed by atoms with E-state index in [0.717, 1.165) is 24.0 Å². The summed E-state index contributed by atoms with van der Waals surface area (Å²) in [6.07, 6.45) is -0.619. The van der Waals surface area contributed by atoms with Gasteiger partial charge in [-0.25, -0.2) is 27.8 Å². The minimum Gasteiger partial charge on any atom is -0.394 e. The summed E-state index contributed by atoms with van der Waals surface area (Å²) in [6.45, 7) is 1.31. The monoisotopic (exact) mass is 522 g/mol. The van der Waals surface area contributed by atoms with Crippen LogP contribution in [0.2, 0.25) is 5.02 Å². The van der Waals surface area contributed by atoms with Crippen molar-refractivity contribution in [2.45, 2.75) is 37.7 Å². The number of rotatable bonds is 5. The predicted octanol–water partition coefficient (Wildman–Crippen LogP) is 3.09. The van der Waals surface area contributed by atoms with E-state index >= 15 is 0 Å². The summed E-state index contributed by atoms with van der Waals surface area (Å²) in [5.74, 6) is -4.17. The molecule has 0 spiro atoms. The number of nitrogens with zero attached hydrogens (tertiary/aromatic N) is 5. The molecule has 1 aliphatic rings. The number of halogens is 4. The maximum absolute atomic E-state index is 13.7. The van der Waals surface area contributed by atoms with E-state index in [1.165, 1.54) is 10.9 Å². The summed E-state index contributed by atoms with van der Waals surface area (Å²) in [5.41, 5.74) is 6.88. The van der Waals surface area contributed by atoms with Crippen LogP contribution in [0.15, 0.2) is 46.5 Å². The number of aromatic nitrogens is 3. The van der Waals surface area contributed by atoms with Gasteiger partial charge in [-0.15, -0.1) is 5.10 Å². The van der Waals surface area contributed by atoms with Gasteiger partial charge >= 0.3 is 0 Å². The van der Waals surface area contributed by atoms with Gasteiger partial charge in [0.05, 0.1) is 30.9 Å². The van der Waals surface area contributed by atoms with Crippen molar-refractivity contribution in [3.05, 3.63) is 64.6 Å². The van der Waals surface area contributed by atoms with E-state index in [1.54, 1.807) is 18.2 Å². The lowest BCUT2D eigenvalue weighted by Crippen LogP contribution is -2.49. The van der Waals surface area contributed by atoms with Crippen molar-refractivity contribution in [2.24, 2.45) is 15.7 Å². The topological polar surface area (TPSA) is 131 Å². The molecule has 190 valence electrons. The number of amidine groups is 1. The first-order chi connectivity index (χ1) is 17.2. The molecule has 4 N–H and O–H groups in total. The average Bonchev–Trinajstić information content (AvgIpc) is 3.34. The highest BCUT2D eigenvalue weighted by atomic mass is 35.5. The minimum atomic E-state index is -1.60. The molecule has 1 fully saturated rings. The first kappa shape index (κ1) is 25.8. The third kappa shape index (κ3) is 5.26. The molecule has 3 aromatic rings. The second-order valence-corrected chi connectivity index (χ2v) is 8.59. The lowest BCUT2D eigenvalue weighted by Gasteiger charge is -2.38. The fourth-order valence-corrected chi connectivity index (χ4v) is 4.06. The van der Waals surface area contributed by atoms with Gasteiger partial charge in [-0.05, 0) is 36.8 Å². The largest absolute Gasteiger partial charge is 0.394 e. The first-order valence-electron chi connectivity index (χ1n) is 10.8. The van der Waals surface area contributed by atoms with Gasteiger partial charge in [-0.2, -0.15) is 0 Å². The van der Waals surface area contributed by atoms with Crippen LogP contribution in [0.1, 0.15) is 18.0 Å². The Hall–Kier alpha value is -3.32. The number of ether oxygens (including phenoxy) is 1. The molecule has 0 aliphatic carbocycles. The predicted molar refractivity (Wildman–Crippen MR) is 127 cm³/mol. The molecular weight excluding hydrogens is 501 g/mol. The van der Waals surface area contributed by atoms with Gasteiger partial charge in [-0.3, -0.25) is 0 Å². The maximum Gasteiger partial charge on any atom is 0.194 e. The molecule has 9 nitrogen and oxygen atoms in total. The Morgan fingerprint density at radius 1 is 1.28 bits per heavy atom.